The van der Waals surface area contributed by atoms with Crippen LogP contribution in [-0.2, 0) is 32.7 Å². The van der Waals surface area contributed by atoms with E-state index in [2.05, 4.69) is 49.1 Å². The fourth-order valence-electron chi connectivity index (χ4n) is 2.09. The van der Waals surface area contributed by atoms with Crippen molar-refractivity contribution in [2.45, 2.75) is 27.7 Å². The van der Waals surface area contributed by atoms with E-state index in [0.717, 1.165) is 16.7 Å². The van der Waals surface area contributed by atoms with Crippen LogP contribution in [-0.4, -0.2) is 0 Å². The summed E-state index contributed by atoms with van der Waals surface area (Å²) in [5, 5.41) is 4.72. The van der Waals surface area contributed by atoms with Gasteiger partial charge in [-0.2, -0.15) is 0 Å². The topological polar surface area (TPSA) is 73.6 Å². The van der Waals surface area contributed by atoms with Gasteiger partial charge >= 0.3 is 0 Å². The summed E-state index contributed by atoms with van der Waals surface area (Å²) < 4.78 is 0. The molecule has 0 saturated heterocycles. The van der Waals surface area contributed by atoms with E-state index in [-0.39, 0.29) is 32.7 Å². The summed E-state index contributed by atoms with van der Waals surface area (Å²) in [7, 11) is 0. The van der Waals surface area contributed by atoms with Crippen molar-refractivity contribution in [3.8, 4) is 11.1 Å². The number of thiol groups is 1. The average Bonchev–Trinajstić information content (AvgIpc) is 2.70. The van der Waals surface area contributed by atoms with Crippen molar-refractivity contribution in [2.24, 2.45) is 5.14 Å². The first-order chi connectivity index (χ1) is 13.0. The van der Waals surface area contributed by atoms with Gasteiger partial charge in [0.25, 0.3) is 0 Å². The molecule has 0 unspecified atom stereocenters. The SMILES string of the molecule is CC.Cc1ccc(-c2ccccc2[NH-])cc1.Cc1ccc([NH-])c(Cl)c1.NS.[Y]. The van der Waals surface area contributed by atoms with Gasteiger partial charge in [-0.05, 0) is 36.6 Å². The predicted molar refractivity (Wildman–Crippen MR) is 125 cm³/mol. The van der Waals surface area contributed by atoms with Crippen molar-refractivity contribution >= 4 is 35.8 Å². The maximum atomic E-state index is 7.76. The van der Waals surface area contributed by atoms with Gasteiger partial charge in [0.1, 0.15) is 0 Å². The molecule has 0 bridgehead atoms. The summed E-state index contributed by atoms with van der Waals surface area (Å²) in [5.74, 6) is 0. The molecule has 0 aliphatic heterocycles. The van der Waals surface area contributed by atoms with Crippen molar-refractivity contribution in [3.05, 3.63) is 94.3 Å². The molecular formula is C22H28ClN3SY-2. The Kier molecular flexibility index (Phi) is 17.6. The second kappa shape index (κ2) is 16.9. The summed E-state index contributed by atoms with van der Waals surface area (Å²) in [6.45, 7) is 8.02. The number of rotatable bonds is 1. The van der Waals surface area contributed by atoms with E-state index < -0.39 is 0 Å². The molecule has 0 fully saturated rings. The van der Waals surface area contributed by atoms with Gasteiger partial charge in [-0.15, -0.1) is 24.2 Å². The van der Waals surface area contributed by atoms with Crippen molar-refractivity contribution in [3.63, 3.8) is 0 Å². The molecule has 0 heterocycles. The van der Waals surface area contributed by atoms with E-state index in [9.17, 15) is 0 Å². The Morgan fingerprint density at radius 1 is 0.750 bits per heavy atom. The number of nitrogens with two attached hydrogens (primary N) is 1. The molecule has 0 aliphatic rings. The number of hydrogen-bond donors (Lipinski definition) is 2. The predicted octanol–water partition coefficient (Wildman–Crippen LogP) is 8.49. The largest absolute Gasteiger partial charge is 0.698 e. The van der Waals surface area contributed by atoms with E-state index >= 15 is 0 Å². The number of benzene rings is 3. The van der Waals surface area contributed by atoms with E-state index in [4.69, 9.17) is 23.1 Å². The number of aryl methyl sites for hydroxylation is 2. The third-order valence-corrected chi connectivity index (χ3v) is 3.73. The zero-order valence-electron chi connectivity index (χ0n) is 16.8. The molecule has 3 rings (SSSR count). The number of halogens is 1. The molecule has 28 heavy (non-hydrogen) atoms. The van der Waals surface area contributed by atoms with Crippen LogP contribution in [0.25, 0.3) is 22.6 Å². The summed E-state index contributed by atoms with van der Waals surface area (Å²) in [6, 6.07) is 21.3. The van der Waals surface area contributed by atoms with Crippen LogP contribution in [0.3, 0.4) is 0 Å². The standard InChI is InChI=1S/C13H12N.C7H7ClN.C2H6.H3NS.Y/c1-10-6-8-11(9-7-10)12-4-2-3-5-13(12)14;1-5-2-3-7(9)6(8)4-5;2*1-2;/h2-9,14H,1H3;2-4,9H,1H3;1-2H3;2H,1H2;/q2*-1;;;. The second-order valence-electron chi connectivity index (χ2n) is 5.39. The van der Waals surface area contributed by atoms with Gasteiger partial charge in [-0.25, -0.2) is 0 Å². The zero-order valence-corrected chi connectivity index (χ0v) is 21.3. The van der Waals surface area contributed by atoms with Crippen LogP contribution in [0, 0.1) is 13.8 Å². The molecule has 0 spiro atoms. The third kappa shape index (κ3) is 10.5. The molecule has 149 valence electrons. The molecule has 4 N–H and O–H groups in total. The molecule has 0 atom stereocenters. The molecule has 3 aromatic rings. The minimum Gasteiger partial charge on any atom is -0.698 e. The van der Waals surface area contributed by atoms with Gasteiger partial charge < -0.3 is 11.5 Å². The third-order valence-electron chi connectivity index (χ3n) is 3.41. The molecule has 0 amide bonds. The fraction of sp³-hybridized carbons (Fsp3) is 0.182. The molecule has 0 saturated carbocycles. The van der Waals surface area contributed by atoms with Crippen LogP contribution >= 0.6 is 24.4 Å². The maximum absolute atomic E-state index is 7.76. The van der Waals surface area contributed by atoms with Crippen molar-refractivity contribution < 1.29 is 32.7 Å². The minimum atomic E-state index is 0. The van der Waals surface area contributed by atoms with Crippen LogP contribution in [0.2, 0.25) is 5.02 Å². The van der Waals surface area contributed by atoms with Crippen molar-refractivity contribution in [1.29, 1.82) is 0 Å². The van der Waals surface area contributed by atoms with E-state index in [1.165, 1.54) is 5.56 Å². The maximum Gasteiger partial charge on any atom is 0.0257 e. The summed E-state index contributed by atoms with van der Waals surface area (Å²) in [6.07, 6.45) is 0. The first-order valence-electron chi connectivity index (χ1n) is 8.58. The van der Waals surface area contributed by atoms with Crippen LogP contribution < -0.4 is 5.14 Å². The molecular weight excluding hydrogens is 463 g/mol. The molecule has 3 aromatic carbocycles. The van der Waals surface area contributed by atoms with Gasteiger partial charge in [0, 0.05) is 37.7 Å². The fourth-order valence-corrected chi connectivity index (χ4v) is 2.32. The van der Waals surface area contributed by atoms with Crippen LogP contribution in [0.1, 0.15) is 25.0 Å². The Labute approximate surface area is 205 Å². The average molecular weight is 491 g/mol. The van der Waals surface area contributed by atoms with Crippen molar-refractivity contribution in [2.75, 3.05) is 0 Å². The monoisotopic (exact) mass is 490 g/mol. The smallest absolute Gasteiger partial charge is 0.0257 e. The molecule has 3 nitrogen and oxygen atoms in total. The molecule has 0 aliphatic carbocycles. The van der Waals surface area contributed by atoms with Crippen LogP contribution in [0.4, 0.5) is 11.4 Å². The number of nitrogens with one attached hydrogen (secondary N) is 2. The van der Waals surface area contributed by atoms with Gasteiger partial charge in [0.05, 0.1) is 0 Å². The normalized spacial score (nSPS) is 8.54. The Bertz CT molecular complexity index is 796. The minimum absolute atomic E-state index is 0. The Morgan fingerprint density at radius 2 is 1.25 bits per heavy atom. The van der Waals surface area contributed by atoms with Gasteiger partial charge in [-0.1, -0.05) is 91.7 Å². The van der Waals surface area contributed by atoms with E-state index in [1.807, 2.05) is 51.1 Å². The van der Waals surface area contributed by atoms with Gasteiger partial charge in [0.2, 0.25) is 0 Å². The van der Waals surface area contributed by atoms with Gasteiger partial charge in [0.15, 0.2) is 0 Å². The summed E-state index contributed by atoms with van der Waals surface area (Å²) in [4.78, 5) is 0. The van der Waals surface area contributed by atoms with Crippen LogP contribution in [0.15, 0.2) is 66.7 Å². The number of hydrogen-bond acceptors (Lipinski definition) is 2. The Balaban J connectivity index is 0. The molecule has 0 aromatic heterocycles. The van der Waals surface area contributed by atoms with Gasteiger partial charge in [-0.3, -0.25) is 5.14 Å². The summed E-state index contributed by atoms with van der Waals surface area (Å²) >= 11 is 8.65. The zero-order chi connectivity index (χ0) is 20.8. The molecule has 1 radical (unpaired) electrons. The first-order valence-corrected chi connectivity index (χ1v) is 9.48. The Morgan fingerprint density at radius 3 is 1.71 bits per heavy atom. The first kappa shape index (κ1) is 29.2. The van der Waals surface area contributed by atoms with Crippen LogP contribution in [0.5, 0.6) is 0 Å². The molecule has 6 heteroatoms. The van der Waals surface area contributed by atoms with E-state index in [1.54, 1.807) is 12.1 Å². The van der Waals surface area contributed by atoms with Crippen molar-refractivity contribution in [1.82, 2.24) is 0 Å². The quantitative estimate of drug-likeness (QED) is 0.330. The Hall–Kier alpha value is -1.04. The van der Waals surface area contributed by atoms with E-state index in [0.29, 0.717) is 16.4 Å². The summed E-state index contributed by atoms with van der Waals surface area (Å²) in [5.41, 5.74) is 20.4. The second-order valence-corrected chi connectivity index (χ2v) is 5.80.